The van der Waals surface area contributed by atoms with Gasteiger partial charge in [-0.15, -0.1) is 10.2 Å². The Kier molecular flexibility index (Phi) is 2.64. The van der Waals surface area contributed by atoms with Gasteiger partial charge < -0.3 is 5.43 Å². The van der Waals surface area contributed by atoms with Crippen LogP contribution in [0.1, 0.15) is 11.4 Å². The second-order valence-electron chi connectivity index (χ2n) is 4.40. The Morgan fingerprint density at radius 3 is 2.47 bits per heavy atom. The van der Waals surface area contributed by atoms with Crippen LogP contribution in [0.15, 0.2) is 30.3 Å². The largest absolute Gasteiger partial charge is 0.306 e. The van der Waals surface area contributed by atoms with Gasteiger partial charge >= 0.3 is 0 Å². The van der Waals surface area contributed by atoms with Crippen molar-refractivity contribution < 1.29 is 0 Å². The lowest BCUT2D eigenvalue weighted by Crippen LogP contribution is -2.12. The fourth-order valence-corrected chi connectivity index (χ4v) is 2.20. The Hall–Kier alpha value is -2.47. The Morgan fingerprint density at radius 2 is 1.84 bits per heavy atom. The maximum absolute atomic E-state index is 5.46. The lowest BCUT2D eigenvalue weighted by Gasteiger charge is -2.09. The fourth-order valence-electron chi connectivity index (χ4n) is 2.20. The van der Waals surface area contributed by atoms with Crippen molar-refractivity contribution in [2.45, 2.75) is 13.8 Å². The van der Waals surface area contributed by atoms with Crippen molar-refractivity contribution in [1.29, 1.82) is 0 Å². The molecule has 0 saturated heterocycles. The van der Waals surface area contributed by atoms with Crippen molar-refractivity contribution in [3.05, 3.63) is 41.7 Å². The van der Waals surface area contributed by atoms with E-state index in [2.05, 4.69) is 20.7 Å². The van der Waals surface area contributed by atoms with Gasteiger partial charge in [-0.25, -0.2) is 10.5 Å². The van der Waals surface area contributed by atoms with E-state index in [1.54, 1.807) is 4.68 Å². The Bertz CT molecular complexity index is 746. The summed E-state index contributed by atoms with van der Waals surface area (Å²) in [4.78, 5) is 0. The number of benzene rings is 1. The molecule has 0 aliphatic heterocycles. The van der Waals surface area contributed by atoms with Crippen LogP contribution < -0.4 is 11.3 Å². The predicted octanol–water partition coefficient (Wildman–Crippen LogP) is 1.72. The van der Waals surface area contributed by atoms with Gasteiger partial charge in [0, 0.05) is 16.5 Å². The molecule has 3 rings (SSSR count). The van der Waals surface area contributed by atoms with Crippen LogP contribution in [-0.4, -0.2) is 20.0 Å². The minimum absolute atomic E-state index is 0.556. The molecule has 3 aromatic rings. The van der Waals surface area contributed by atoms with Crippen LogP contribution in [0, 0.1) is 13.8 Å². The van der Waals surface area contributed by atoms with E-state index in [4.69, 9.17) is 5.84 Å². The summed E-state index contributed by atoms with van der Waals surface area (Å²) in [5.74, 6) is 6.73. The molecule has 6 heteroatoms. The van der Waals surface area contributed by atoms with Gasteiger partial charge in [-0.05, 0) is 19.9 Å². The highest BCUT2D eigenvalue weighted by atomic mass is 15.4. The zero-order chi connectivity index (χ0) is 13.4. The molecule has 3 N–H and O–H groups in total. The number of aromatic nitrogens is 4. The van der Waals surface area contributed by atoms with Crippen LogP contribution in [0.2, 0.25) is 0 Å². The topological polar surface area (TPSA) is 81.7 Å². The SMILES string of the molecule is Cc1cc(C)n(-c2nnc(NN)c3ccccc23)n1. The minimum atomic E-state index is 0.556. The first-order valence-corrected chi connectivity index (χ1v) is 5.96. The highest BCUT2D eigenvalue weighted by Gasteiger charge is 2.12. The van der Waals surface area contributed by atoms with E-state index < -0.39 is 0 Å². The number of hydrogen-bond acceptors (Lipinski definition) is 5. The standard InChI is InChI=1S/C13H14N6/c1-8-7-9(2)19(18-8)13-11-6-4-3-5-10(11)12(15-14)16-17-13/h3-7H,14H2,1-2H3,(H,15,16). The molecule has 0 saturated carbocycles. The molecule has 19 heavy (non-hydrogen) atoms. The number of nitrogens with two attached hydrogens (primary N) is 1. The smallest absolute Gasteiger partial charge is 0.183 e. The van der Waals surface area contributed by atoms with Gasteiger partial charge in [-0.2, -0.15) is 5.10 Å². The second kappa shape index (κ2) is 4.33. The molecule has 6 nitrogen and oxygen atoms in total. The monoisotopic (exact) mass is 254 g/mol. The van der Waals surface area contributed by atoms with Gasteiger partial charge in [0.15, 0.2) is 11.6 Å². The number of anilines is 1. The Labute approximate surface area is 110 Å². The highest BCUT2D eigenvalue weighted by molar-refractivity contribution is 5.95. The van der Waals surface area contributed by atoms with Crippen molar-refractivity contribution in [2.24, 2.45) is 5.84 Å². The molecular formula is C13H14N6. The maximum Gasteiger partial charge on any atom is 0.183 e. The summed E-state index contributed by atoms with van der Waals surface area (Å²) in [7, 11) is 0. The summed E-state index contributed by atoms with van der Waals surface area (Å²) in [6.07, 6.45) is 0. The first kappa shape index (κ1) is 11.6. The fraction of sp³-hybridized carbons (Fsp3) is 0.154. The molecule has 0 amide bonds. The van der Waals surface area contributed by atoms with Crippen molar-refractivity contribution in [3.8, 4) is 5.82 Å². The quantitative estimate of drug-likeness (QED) is 0.537. The number of nitrogen functional groups attached to an aromatic ring is 1. The molecule has 0 aliphatic rings. The van der Waals surface area contributed by atoms with Gasteiger partial charge in [-0.1, -0.05) is 24.3 Å². The average molecular weight is 254 g/mol. The zero-order valence-electron chi connectivity index (χ0n) is 10.8. The zero-order valence-corrected chi connectivity index (χ0v) is 10.8. The van der Waals surface area contributed by atoms with Gasteiger partial charge in [0.05, 0.1) is 5.69 Å². The summed E-state index contributed by atoms with van der Waals surface area (Å²) in [6, 6.07) is 9.84. The van der Waals surface area contributed by atoms with E-state index in [9.17, 15) is 0 Å². The van der Waals surface area contributed by atoms with Crippen LogP contribution in [0.4, 0.5) is 5.82 Å². The van der Waals surface area contributed by atoms with Crippen LogP contribution >= 0.6 is 0 Å². The third kappa shape index (κ3) is 1.82. The molecule has 0 bridgehead atoms. The van der Waals surface area contributed by atoms with Crippen LogP contribution in [0.3, 0.4) is 0 Å². The number of rotatable bonds is 2. The number of hydrazine groups is 1. The van der Waals surface area contributed by atoms with Crippen molar-refractivity contribution in [1.82, 2.24) is 20.0 Å². The summed E-state index contributed by atoms with van der Waals surface area (Å²) in [5.41, 5.74) is 4.53. The number of hydrogen-bond donors (Lipinski definition) is 2. The van der Waals surface area contributed by atoms with Gasteiger partial charge in [0.25, 0.3) is 0 Å². The number of aryl methyl sites for hydroxylation is 2. The van der Waals surface area contributed by atoms with Gasteiger partial charge in [0.2, 0.25) is 0 Å². The van der Waals surface area contributed by atoms with E-state index >= 15 is 0 Å². The Balaban J connectivity index is 2.34. The van der Waals surface area contributed by atoms with Crippen LogP contribution in [0.25, 0.3) is 16.6 Å². The van der Waals surface area contributed by atoms with Crippen molar-refractivity contribution in [2.75, 3.05) is 5.43 Å². The van der Waals surface area contributed by atoms with E-state index in [1.807, 2.05) is 44.2 Å². The molecule has 2 heterocycles. The van der Waals surface area contributed by atoms with E-state index in [-0.39, 0.29) is 0 Å². The second-order valence-corrected chi connectivity index (χ2v) is 4.40. The van der Waals surface area contributed by atoms with E-state index in [1.165, 1.54) is 0 Å². The molecule has 0 aliphatic carbocycles. The lowest BCUT2D eigenvalue weighted by molar-refractivity contribution is 0.791. The summed E-state index contributed by atoms with van der Waals surface area (Å²) >= 11 is 0. The normalized spacial score (nSPS) is 10.9. The Morgan fingerprint density at radius 1 is 1.11 bits per heavy atom. The molecule has 2 aromatic heterocycles. The van der Waals surface area contributed by atoms with Crippen molar-refractivity contribution in [3.63, 3.8) is 0 Å². The minimum Gasteiger partial charge on any atom is -0.306 e. The third-order valence-corrected chi connectivity index (χ3v) is 3.01. The van der Waals surface area contributed by atoms with Crippen LogP contribution in [-0.2, 0) is 0 Å². The van der Waals surface area contributed by atoms with E-state index in [0.717, 1.165) is 22.2 Å². The summed E-state index contributed by atoms with van der Waals surface area (Å²) in [5, 5.41) is 14.7. The summed E-state index contributed by atoms with van der Waals surface area (Å²) in [6.45, 7) is 3.94. The summed E-state index contributed by atoms with van der Waals surface area (Å²) < 4.78 is 1.80. The van der Waals surface area contributed by atoms with Crippen LogP contribution in [0.5, 0.6) is 0 Å². The van der Waals surface area contributed by atoms with Crippen molar-refractivity contribution >= 4 is 16.6 Å². The maximum atomic E-state index is 5.46. The molecule has 0 spiro atoms. The van der Waals surface area contributed by atoms with Gasteiger partial charge in [-0.3, -0.25) is 0 Å². The highest BCUT2D eigenvalue weighted by Crippen LogP contribution is 2.25. The van der Waals surface area contributed by atoms with E-state index in [0.29, 0.717) is 11.6 Å². The third-order valence-electron chi connectivity index (χ3n) is 3.01. The van der Waals surface area contributed by atoms with Gasteiger partial charge in [0.1, 0.15) is 0 Å². The lowest BCUT2D eigenvalue weighted by atomic mass is 10.2. The number of nitrogens with one attached hydrogen (secondary N) is 1. The molecular weight excluding hydrogens is 240 g/mol. The predicted molar refractivity (Wildman–Crippen MR) is 73.9 cm³/mol. The average Bonchev–Trinajstić information content (AvgIpc) is 2.76. The first-order chi connectivity index (χ1) is 9.20. The number of nitrogens with zero attached hydrogens (tertiary/aromatic N) is 4. The molecule has 1 aromatic carbocycles. The molecule has 0 fully saturated rings. The molecule has 0 atom stereocenters. The molecule has 0 unspecified atom stereocenters. The first-order valence-electron chi connectivity index (χ1n) is 5.96. The molecule has 96 valence electrons. The molecule has 0 radical (unpaired) electrons. The number of fused-ring (bicyclic) bond motifs is 1.